The van der Waals surface area contributed by atoms with E-state index < -0.39 is 46.9 Å². The molecule has 0 saturated carbocycles. The van der Waals surface area contributed by atoms with Crippen LogP contribution in [0.4, 0.5) is 26.3 Å². The Balaban J connectivity index is 0.000000627. The molecule has 1 amide bonds. The molecular formula is C36H37F6N3O5. The standard InChI is InChI=1S/C32H33F6N3O.C4H4O4/c33-31(34,35)26-18-25(19-27(20-26)32(36,37)38)30(42)41-12-11-28(21-29(41)17-23-7-3-1-4-8-23)40-15-13-39(14-16-40)22-24-9-5-2-6-10-24;5-3(6)1-2-4(7)8/h1-10,18-20,28-29H,11-17,21-22H2;1-2H,(H,5,6)(H,7,8)/t28-,29+;/m1./s1. The van der Waals surface area contributed by atoms with Crippen molar-refractivity contribution in [3.05, 3.63) is 119 Å². The van der Waals surface area contributed by atoms with Crippen LogP contribution < -0.4 is 0 Å². The summed E-state index contributed by atoms with van der Waals surface area (Å²) in [5, 5.41) is 15.6. The van der Waals surface area contributed by atoms with Gasteiger partial charge < -0.3 is 15.1 Å². The number of halogens is 6. The molecule has 2 fully saturated rings. The van der Waals surface area contributed by atoms with E-state index in [1.807, 2.05) is 48.5 Å². The Morgan fingerprint density at radius 1 is 0.700 bits per heavy atom. The van der Waals surface area contributed by atoms with Crippen LogP contribution in [0.1, 0.15) is 45.5 Å². The number of piperidine rings is 1. The number of carbonyl (C=O) groups excluding carboxylic acids is 1. The molecule has 8 nitrogen and oxygen atoms in total. The average Bonchev–Trinajstić information content (AvgIpc) is 3.07. The third-order valence-corrected chi connectivity index (χ3v) is 8.64. The van der Waals surface area contributed by atoms with Crippen LogP contribution in [0.5, 0.6) is 0 Å². The van der Waals surface area contributed by atoms with Crippen LogP contribution in [-0.2, 0) is 34.9 Å². The number of aliphatic carboxylic acids is 2. The molecule has 5 rings (SSSR count). The minimum atomic E-state index is -5.02. The van der Waals surface area contributed by atoms with Crippen LogP contribution in [0.2, 0.25) is 0 Å². The summed E-state index contributed by atoms with van der Waals surface area (Å²) < 4.78 is 81.1. The largest absolute Gasteiger partial charge is 0.478 e. The summed E-state index contributed by atoms with van der Waals surface area (Å²) in [4.78, 5) is 39.0. The second-order valence-electron chi connectivity index (χ2n) is 12.1. The number of nitrogens with zero attached hydrogens (tertiary/aromatic N) is 3. The highest BCUT2D eigenvalue weighted by Gasteiger charge is 2.40. The van der Waals surface area contributed by atoms with E-state index >= 15 is 0 Å². The van der Waals surface area contributed by atoms with Crippen molar-refractivity contribution in [2.45, 2.75) is 50.2 Å². The first-order valence-electron chi connectivity index (χ1n) is 15.9. The SMILES string of the molecule is O=C(O)C=CC(=O)O.O=C(c1cc(C(F)(F)F)cc(C(F)(F)F)c1)N1CC[C@@H](N2CCN(Cc3ccccc3)CC2)C[C@@H]1Cc1ccccc1. The maximum Gasteiger partial charge on any atom is 0.416 e. The molecule has 2 atom stereocenters. The molecule has 50 heavy (non-hydrogen) atoms. The molecular weight excluding hydrogens is 668 g/mol. The first-order valence-corrected chi connectivity index (χ1v) is 15.9. The van der Waals surface area contributed by atoms with Gasteiger partial charge in [-0.05, 0) is 48.6 Å². The van der Waals surface area contributed by atoms with E-state index in [9.17, 15) is 40.7 Å². The number of hydrogen-bond acceptors (Lipinski definition) is 5. The molecule has 0 unspecified atom stereocenters. The van der Waals surface area contributed by atoms with Gasteiger partial charge in [-0.2, -0.15) is 26.3 Å². The first kappa shape index (κ1) is 38.1. The summed E-state index contributed by atoms with van der Waals surface area (Å²) in [7, 11) is 0. The van der Waals surface area contributed by atoms with Gasteiger partial charge in [0.2, 0.25) is 0 Å². The Labute approximate surface area is 285 Å². The second-order valence-corrected chi connectivity index (χ2v) is 12.1. The van der Waals surface area contributed by atoms with Crippen LogP contribution in [0.15, 0.2) is 91.0 Å². The summed E-state index contributed by atoms with van der Waals surface area (Å²) >= 11 is 0. The molecule has 0 spiro atoms. The Morgan fingerprint density at radius 3 is 1.68 bits per heavy atom. The van der Waals surface area contributed by atoms with Gasteiger partial charge in [0.25, 0.3) is 5.91 Å². The number of hydrogen-bond donors (Lipinski definition) is 2. The van der Waals surface area contributed by atoms with Crippen molar-refractivity contribution in [1.29, 1.82) is 0 Å². The predicted molar refractivity (Wildman–Crippen MR) is 172 cm³/mol. The molecule has 2 saturated heterocycles. The molecule has 3 aromatic rings. The number of carboxylic acids is 2. The number of carbonyl (C=O) groups is 3. The summed E-state index contributed by atoms with van der Waals surface area (Å²) in [6.07, 6.45) is -7.28. The summed E-state index contributed by atoms with van der Waals surface area (Å²) in [6.45, 7) is 4.61. The van der Waals surface area contributed by atoms with Gasteiger partial charge in [-0.15, -0.1) is 0 Å². The predicted octanol–water partition coefficient (Wildman–Crippen LogP) is 6.47. The average molecular weight is 706 g/mol. The zero-order valence-electron chi connectivity index (χ0n) is 26.9. The fraction of sp³-hybridized carbons (Fsp3) is 0.361. The number of rotatable bonds is 8. The molecule has 2 N–H and O–H groups in total. The third kappa shape index (κ3) is 11.2. The maximum atomic E-state index is 13.6. The molecule has 0 aliphatic carbocycles. The van der Waals surface area contributed by atoms with Gasteiger partial charge in [0.05, 0.1) is 11.1 Å². The lowest BCUT2D eigenvalue weighted by molar-refractivity contribution is -0.143. The van der Waals surface area contributed by atoms with E-state index in [0.29, 0.717) is 43.5 Å². The Morgan fingerprint density at radius 2 is 1.20 bits per heavy atom. The topological polar surface area (TPSA) is 101 Å². The van der Waals surface area contributed by atoms with E-state index in [0.717, 1.165) is 38.3 Å². The number of amides is 1. The van der Waals surface area contributed by atoms with E-state index in [1.165, 1.54) is 10.5 Å². The summed E-state index contributed by atoms with van der Waals surface area (Å²) in [5.41, 5.74) is -1.35. The quantitative estimate of drug-likeness (QED) is 0.205. The number of alkyl halides is 6. The Hall–Kier alpha value is -4.69. The summed E-state index contributed by atoms with van der Waals surface area (Å²) in [5.74, 6) is -3.32. The van der Waals surface area contributed by atoms with Gasteiger partial charge in [0.1, 0.15) is 0 Å². The van der Waals surface area contributed by atoms with Gasteiger partial charge >= 0.3 is 24.3 Å². The van der Waals surface area contributed by atoms with Crippen LogP contribution in [0, 0.1) is 0 Å². The van der Waals surface area contributed by atoms with Crippen molar-refractivity contribution in [2.75, 3.05) is 32.7 Å². The highest BCUT2D eigenvalue weighted by molar-refractivity contribution is 5.95. The van der Waals surface area contributed by atoms with Crippen molar-refractivity contribution in [1.82, 2.24) is 14.7 Å². The zero-order valence-corrected chi connectivity index (χ0v) is 26.9. The van der Waals surface area contributed by atoms with E-state index in [4.69, 9.17) is 10.2 Å². The Bertz CT molecular complexity index is 1580. The van der Waals surface area contributed by atoms with Gasteiger partial charge in [0, 0.05) is 69.1 Å². The molecule has 2 aliphatic rings. The minimum absolute atomic E-state index is 0.0574. The van der Waals surface area contributed by atoms with E-state index in [2.05, 4.69) is 21.9 Å². The second kappa shape index (κ2) is 16.8. The lowest BCUT2D eigenvalue weighted by atomic mass is 9.90. The van der Waals surface area contributed by atoms with Crippen molar-refractivity contribution >= 4 is 17.8 Å². The molecule has 0 aromatic heterocycles. The van der Waals surface area contributed by atoms with Crippen LogP contribution >= 0.6 is 0 Å². The van der Waals surface area contributed by atoms with Gasteiger partial charge in [-0.3, -0.25) is 14.6 Å². The number of carboxylic acid groups (broad SMARTS) is 2. The van der Waals surface area contributed by atoms with E-state index in [-0.39, 0.29) is 24.7 Å². The molecule has 0 radical (unpaired) electrons. The van der Waals surface area contributed by atoms with Gasteiger partial charge in [-0.25, -0.2) is 9.59 Å². The first-order chi connectivity index (χ1) is 23.6. The highest BCUT2D eigenvalue weighted by Crippen LogP contribution is 2.37. The van der Waals surface area contributed by atoms with Gasteiger partial charge in [0.15, 0.2) is 0 Å². The number of piperazine rings is 1. The number of likely N-dealkylation sites (tertiary alicyclic amines) is 1. The smallest absolute Gasteiger partial charge is 0.416 e. The summed E-state index contributed by atoms with van der Waals surface area (Å²) in [6, 6.07) is 20.6. The lowest BCUT2D eigenvalue weighted by Crippen LogP contribution is -2.56. The highest BCUT2D eigenvalue weighted by atomic mass is 19.4. The van der Waals surface area contributed by atoms with Crippen molar-refractivity contribution in [3.63, 3.8) is 0 Å². The lowest BCUT2D eigenvalue weighted by Gasteiger charge is -2.46. The molecule has 2 aliphatic heterocycles. The molecule has 3 aromatic carbocycles. The normalized spacial score (nSPS) is 19.1. The van der Waals surface area contributed by atoms with Crippen LogP contribution in [0.25, 0.3) is 0 Å². The molecule has 14 heteroatoms. The van der Waals surface area contributed by atoms with Crippen molar-refractivity contribution in [3.8, 4) is 0 Å². The van der Waals surface area contributed by atoms with E-state index in [1.54, 1.807) is 0 Å². The Kier molecular flexibility index (Phi) is 12.8. The van der Waals surface area contributed by atoms with Crippen molar-refractivity contribution < 1.29 is 50.9 Å². The minimum Gasteiger partial charge on any atom is -0.478 e. The van der Waals surface area contributed by atoms with Crippen LogP contribution in [0.3, 0.4) is 0 Å². The fourth-order valence-electron chi connectivity index (χ4n) is 6.22. The fourth-order valence-corrected chi connectivity index (χ4v) is 6.22. The van der Waals surface area contributed by atoms with Crippen LogP contribution in [-0.4, -0.2) is 87.6 Å². The molecule has 268 valence electrons. The third-order valence-electron chi connectivity index (χ3n) is 8.64. The zero-order chi connectivity index (χ0) is 36.5. The number of benzene rings is 3. The molecule has 2 heterocycles. The van der Waals surface area contributed by atoms with Gasteiger partial charge in [-0.1, -0.05) is 60.7 Å². The van der Waals surface area contributed by atoms with Crippen molar-refractivity contribution in [2.24, 2.45) is 0 Å². The molecule has 0 bridgehead atoms. The maximum absolute atomic E-state index is 13.6. The monoisotopic (exact) mass is 705 g/mol.